The maximum atomic E-state index is 11.6. The number of hydrogen-bond donors (Lipinski definition) is 2. The van der Waals surface area contributed by atoms with E-state index >= 15 is 0 Å². The van der Waals surface area contributed by atoms with E-state index in [9.17, 15) is 4.79 Å². The van der Waals surface area contributed by atoms with Crippen LogP contribution in [0.4, 0.5) is 4.79 Å². The van der Waals surface area contributed by atoms with E-state index in [1.54, 1.807) is 0 Å². The molecule has 0 radical (unpaired) electrons. The standard InChI is InChI=1S/C18H33NO3/c1-5-18(12-8-14-20)11-6-9-15(18)10-7-13-19-16(21)22-17(2,3)4/h9,20H,5-8,10-14H2,1-4H3,(H,19,21)/t18-/m0/s1. The number of carbonyl (C=O) groups is 1. The number of aliphatic hydroxyl groups is 1. The van der Waals surface area contributed by atoms with Crippen LogP contribution in [0.1, 0.15) is 72.6 Å². The highest BCUT2D eigenvalue weighted by Crippen LogP contribution is 2.47. The molecule has 4 heteroatoms. The fourth-order valence-electron chi connectivity index (χ4n) is 3.33. The number of aliphatic hydroxyl groups excluding tert-OH is 1. The molecule has 22 heavy (non-hydrogen) atoms. The molecule has 0 fully saturated rings. The van der Waals surface area contributed by atoms with Gasteiger partial charge in [-0.05, 0) is 71.1 Å². The van der Waals surface area contributed by atoms with Crippen molar-refractivity contribution in [2.24, 2.45) is 5.41 Å². The van der Waals surface area contributed by atoms with Gasteiger partial charge in [0.1, 0.15) is 5.60 Å². The largest absolute Gasteiger partial charge is 0.444 e. The van der Waals surface area contributed by atoms with E-state index in [-0.39, 0.29) is 18.1 Å². The summed E-state index contributed by atoms with van der Waals surface area (Å²) in [4.78, 5) is 11.6. The summed E-state index contributed by atoms with van der Waals surface area (Å²) in [5.41, 5.74) is 1.36. The average Bonchev–Trinajstić information content (AvgIpc) is 2.83. The lowest BCUT2D eigenvalue weighted by atomic mass is 9.73. The molecule has 1 aliphatic carbocycles. The second-order valence-electron chi connectivity index (χ2n) is 7.26. The second-order valence-corrected chi connectivity index (χ2v) is 7.26. The number of hydrogen-bond acceptors (Lipinski definition) is 3. The molecule has 0 aromatic heterocycles. The molecule has 4 nitrogen and oxygen atoms in total. The lowest BCUT2D eigenvalue weighted by Gasteiger charge is -2.32. The summed E-state index contributed by atoms with van der Waals surface area (Å²) in [5, 5.41) is 11.9. The van der Waals surface area contributed by atoms with Gasteiger partial charge in [-0.2, -0.15) is 0 Å². The lowest BCUT2D eigenvalue weighted by molar-refractivity contribution is 0.0527. The van der Waals surface area contributed by atoms with Crippen LogP contribution in [0, 0.1) is 5.41 Å². The SMILES string of the molecule is CC[C@@]1(CCCO)CCC=C1CCCNC(=O)OC(C)(C)C. The minimum Gasteiger partial charge on any atom is -0.444 e. The molecule has 1 amide bonds. The van der Waals surface area contributed by atoms with Crippen molar-refractivity contribution in [1.82, 2.24) is 5.32 Å². The maximum absolute atomic E-state index is 11.6. The first-order valence-electron chi connectivity index (χ1n) is 8.60. The van der Waals surface area contributed by atoms with Crippen molar-refractivity contribution in [3.05, 3.63) is 11.6 Å². The third-order valence-electron chi connectivity index (χ3n) is 4.48. The first-order valence-corrected chi connectivity index (χ1v) is 8.60. The predicted octanol–water partition coefficient (Wildman–Crippen LogP) is 4.18. The molecule has 0 heterocycles. The molecule has 0 aromatic carbocycles. The van der Waals surface area contributed by atoms with Gasteiger partial charge in [0.05, 0.1) is 0 Å². The number of rotatable bonds is 8. The molecule has 2 N–H and O–H groups in total. The quantitative estimate of drug-likeness (QED) is 0.522. The van der Waals surface area contributed by atoms with Crippen molar-refractivity contribution in [2.75, 3.05) is 13.2 Å². The summed E-state index contributed by atoms with van der Waals surface area (Å²) in [6.07, 6.45) is 9.43. The fraction of sp³-hybridized carbons (Fsp3) is 0.833. The zero-order valence-electron chi connectivity index (χ0n) is 14.7. The molecule has 0 aliphatic heterocycles. The Morgan fingerprint density at radius 3 is 2.73 bits per heavy atom. The van der Waals surface area contributed by atoms with Gasteiger partial charge >= 0.3 is 6.09 Å². The summed E-state index contributed by atoms with van der Waals surface area (Å²) in [6, 6.07) is 0. The number of ether oxygens (including phenoxy) is 1. The van der Waals surface area contributed by atoms with E-state index in [0.29, 0.717) is 6.54 Å². The van der Waals surface area contributed by atoms with Crippen molar-refractivity contribution in [2.45, 2.75) is 78.2 Å². The minimum atomic E-state index is -0.445. The Morgan fingerprint density at radius 2 is 2.14 bits per heavy atom. The normalized spacial score (nSPS) is 21.6. The first kappa shape index (κ1) is 19.0. The van der Waals surface area contributed by atoms with E-state index in [2.05, 4.69) is 18.3 Å². The Bertz CT molecular complexity index is 384. The van der Waals surface area contributed by atoms with Gasteiger partial charge in [0.15, 0.2) is 0 Å². The molecule has 0 unspecified atom stereocenters. The molecular weight excluding hydrogens is 278 g/mol. The summed E-state index contributed by atoms with van der Waals surface area (Å²) in [6.45, 7) is 8.77. The van der Waals surface area contributed by atoms with Gasteiger partial charge in [0.25, 0.3) is 0 Å². The van der Waals surface area contributed by atoms with E-state index in [1.807, 2.05) is 20.8 Å². The molecule has 128 valence electrons. The second kappa shape index (κ2) is 8.56. The molecule has 0 aromatic rings. The summed E-state index contributed by atoms with van der Waals surface area (Å²) < 4.78 is 5.23. The third-order valence-corrected chi connectivity index (χ3v) is 4.48. The monoisotopic (exact) mass is 311 g/mol. The van der Waals surface area contributed by atoms with Gasteiger partial charge in [0.2, 0.25) is 0 Å². The van der Waals surface area contributed by atoms with Crippen molar-refractivity contribution >= 4 is 6.09 Å². The number of allylic oxidation sites excluding steroid dienone is 2. The van der Waals surface area contributed by atoms with Gasteiger partial charge in [-0.1, -0.05) is 18.6 Å². The van der Waals surface area contributed by atoms with Crippen LogP contribution in [-0.4, -0.2) is 30.0 Å². The summed E-state index contributed by atoms with van der Waals surface area (Å²) >= 11 is 0. The van der Waals surface area contributed by atoms with Crippen molar-refractivity contribution in [3.63, 3.8) is 0 Å². The smallest absolute Gasteiger partial charge is 0.407 e. The van der Waals surface area contributed by atoms with Crippen molar-refractivity contribution in [3.8, 4) is 0 Å². The van der Waals surface area contributed by atoms with Gasteiger partial charge in [-0.15, -0.1) is 0 Å². The van der Waals surface area contributed by atoms with Crippen LogP contribution in [0.25, 0.3) is 0 Å². The van der Waals surface area contributed by atoms with Crippen molar-refractivity contribution in [1.29, 1.82) is 0 Å². The zero-order valence-corrected chi connectivity index (χ0v) is 14.7. The number of nitrogens with one attached hydrogen (secondary N) is 1. The van der Waals surface area contributed by atoms with Gasteiger partial charge in [0, 0.05) is 13.2 Å². The fourth-order valence-corrected chi connectivity index (χ4v) is 3.33. The third kappa shape index (κ3) is 5.99. The van der Waals surface area contributed by atoms with Crippen LogP contribution < -0.4 is 5.32 Å². The van der Waals surface area contributed by atoms with E-state index in [4.69, 9.17) is 9.84 Å². The highest BCUT2D eigenvalue weighted by Gasteiger charge is 2.34. The van der Waals surface area contributed by atoms with Crippen LogP contribution >= 0.6 is 0 Å². The van der Waals surface area contributed by atoms with E-state index in [1.165, 1.54) is 12.0 Å². The predicted molar refractivity (Wildman–Crippen MR) is 89.8 cm³/mol. The van der Waals surface area contributed by atoms with E-state index < -0.39 is 5.60 Å². The number of amides is 1. The number of carbonyl (C=O) groups excluding carboxylic acids is 1. The Balaban J connectivity index is 2.36. The topological polar surface area (TPSA) is 58.6 Å². The Kier molecular flexibility index (Phi) is 7.40. The number of alkyl carbamates (subject to hydrolysis) is 1. The minimum absolute atomic E-state index is 0.273. The van der Waals surface area contributed by atoms with Gasteiger partial charge in [-0.3, -0.25) is 0 Å². The van der Waals surface area contributed by atoms with Crippen LogP contribution in [0.2, 0.25) is 0 Å². The summed E-state index contributed by atoms with van der Waals surface area (Å²) in [5.74, 6) is 0. The molecule has 0 saturated carbocycles. The zero-order chi connectivity index (χ0) is 16.6. The maximum Gasteiger partial charge on any atom is 0.407 e. The highest BCUT2D eigenvalue weighted by molar-refractivity contribution is 5.67. The Morgan fingerprint density at radius 1 is 1.41 bits per heavy atom. The molecule has 0 spiro atoms. The molecule has 0 saturated heterocycles. The molecule has 1 rings (SSSR count). The van der Waals surface area contributed by atoms with E-state index in [0.717, 1.165) is 38.5 Å². The average molecular weight is 311 g/mol. The first-order chi connectivity index (χ1) is 10.3. The molecule has 0 bridgehead atoms. The Labute approximate surface area is 135 Å². The summed E-state index contributed by atoms with van der Waals surface area (Å²) in [7, 11) is 0. The van der Waals surface area contributed by atoms with Crippen LogP contribution in [0.5, 0.6) is 0 Å². The van der Waals surface area contributed by atoms with Crippen LogP contribution in [-0.2, 0) is 4.74 Å². The molecular formula is C18H33NO3. The van der Waals surface area contributed by atoms with Gasteiger partial charge < -0.3 is 15.2 Å². The lowest BCUT2D eigenvalue weighted by Crippen LogP contribution is -2.33. The van der Waals surface area contributed by atoms with Crippen LogP contribution in [0.15, 0.2) is 11.6 Å². The molecule has 1 aliphatic rings. The molecule has 1 atom stereocenters. The highest BCUT2D eigenvalue weighted by atomic mass is 16.6. The Hall–Kier alpha value is -1.03. The van der Waals surface area contributed by atoms with Gasteiger partial charge in [-0.25, -0.2) is 4.79 Å². The van der Waals surface area contributed by atoms with Crippen LogP contribution in [0.3, 0.4) is 0 Å². The van der Waals surface area contributed by atoms with Crippen molar-refractivity contribution < 1.29 is 14.6 Å².